The molecule has 0 aromatic carbocycles. The second-order valence-electron chi connectivity index (χ2n) is 7.96. The zero-order valence-electron chi connectivity index (χ0n) is 13.8. The van der Waals surface area contributed by atoms with Crippen LogP contribution in [0.3, 0.4) is 0 Å². The van der Waals surface area contributed by atoms with Crippen LogP contribution >= 0.6 is 0 Å². The van der Waals surface area contributed by atoms with Crippen LogP contribution in [-0.2, 0) is 14.6 Å². The summed E-state index contributed by atoms with van der Waals surface area (Å²) in [5.74, 6) is 1.52. The van der Waals surface area contributed by atoms with Crippen LogP contribution in [-0.4, -0.2) is 49.7 Å². The monoisotopic (exact) mass is 315 g/mol. The summed E-state index contributed by atoms with van der Waals surface area (Å²) in [4.78, 5) is 14.4. The lowest BCUT2D eigenvalue weighted by molar-refractivity contribution is -0.127. The van der Waals surface area contributed by atoms with Gasteiger partial charge in [-0.25, -0.2) is 8.42 Å². The van der Waals surface area contributed by atoms with Crippen LogP contribution in [0.2, 0.25) is 0 Å². The fourth-order valence-corrected chi connectivity index (χ4v) is 5.29. The fourth-order valence-electron chi connectivity index (χ4n) is 3.66. The minimum atomic E-state index is -2.88. The van der Waals surface area contributed by atoms with Crippen LogP contribution < -0.4 is 0 Å². The highest BCUT2D eigenvalue weighted by molar-refractivity contribution is 7.91. The molecule has 0 aromatic rings. The summed E-state index contributed by atoms with van der Waals surface area (Å²) in [5, 5.41) is 0. The molecule has 5 heteroatoms. The molecule has 1 heterocycles. The number of carbonyl (C=O) groups excluding carboxylic acids is 1. The molecule has 1 aliphatic heterocycles. The minimum Gasteiger partial charge on any atom is -0.299 e. The van der Waals surface area contributed by atoms with Crippen molar-refractivity contribution < 1.29 is 13.2 Å². The van der Waals surface area contributed by atoms with Crippen molar-refractivity contribution in [1.29, 1.82) is 0 Å². The van der Waals surface area contributed by atoms with Gasteiger partial charge in [-0.3, -0.25) is 9.69 Å². The Hall–Kier alpha value is -0.420. The molecule has 21 heavy (non-hydrogen) atoms. The molecule has 0 spiro atoms. The molecule has 2 fully saturated rings. The molecule has 0 N–H and O–H groups in total. The summed E-state index contributed by atoms with van der Waals surface area (Å²) < 4.78 is 23.3. The summed E-state index contributed by atoms with van der Waals surface area (Å²) in [6.45, 7) is 10.0. The highest BCUT2D eigenvalue weighted by atomic mass is 32.2. The number of rotatable bonds is 2. The molecular formula is C16H29NO3S. The first kappa shape index (κ1) is 16.9. The summed E-state index contributed by atoms with van der Waals surface area (Å²) in [7, 11) is -2.88. The number of hydrogen-bond acceptors (Lipinski definition) is 4. The van der Waals surface area contributed by atoms with Crippen molar-refractivity contribution in [2.45, 2.75) is 53.0 Å². The molecule has 2 rings (SSSR count). The molecule has 1 aliphatic carbocycles. The van der Waals surface area contributed by atoms with Gasteiger partial charge in [0, 0.05) is 31.5 Å². The second-order valence-corrected chi connectivity index (χ2v) is 10.2. The number of sulfone groups is 1. The molecule has 3 unspecified atom stereocenters. The maximum absolute atomic E-state index is 12.2. The zero-order chi connectivity index (χ0) is 15.8. The van der Waals surface area contributed by atoms with E-state index in [4.69, 9.17) is 0 Å². The largest absolute Gasteiger partial charge is 0.299 e. The first-order chi connectivity index (χ1) is 9.58. The van der Waals surface area contributed by atoms with Gasteiger partial charge in [0.2, 0.25) is 0 Å². The number of ketones is 1. The van der Waals surface area contributed by atoms with E-state index in [2.05, 4.69) is 25.7 Å². The third kappa shape index (κ3) is 4.28. The van der Waals surface area contributed by atoms with Crippen molar-refractivity contribution >= 4 is 15.6 Å². The summed E-state index contributed by atoms with van der Waals surface area (Å²) in [5.41, 5.74) is 0.246. The van der Waals surface area contributed by atoms with Gasteiger partial charge in [0.05, 0.1) is 11.5 Å². The van der Waals surface area contributed by atoms with E-state index in [-0.39, 0.29) is 28.9 Å². The van der Waals surface area contributed by atoms with Gasteiger partial charge in [-0.15, -0.1) is 0 Å². The van der Waals surface area contributed by atoms with Gasteiger partial charge in [0.25, 0.3) is 0 Å². The van der Waals surface area contributed by atoms with E-state index in [0.717, 1.165) is 19.4 Å². The fraction of sp³-hybridized carbons (Fsp3) is 0.938. The van der Waals surface area contributed by atoms with Crippen LogP contribution in [0.1, 0.15) is 47.0 Å². The minimum absolute atomic E-state index is 0.0339. The molecule has 1 saturated heterocycles. The lowest BCUT2D eigenvalue weighted by atomic mass is 9.68. The van der Waals surface area contributed by atoms with Crippen molar-refractivity contribution in [2.75, 3.05) is 24.6 Å². The Morgan fingerprint density at radius 1 is 1.29 bits per heavy atom. The van der Waals surface area contributed by atoms with Crippen LogP contribution in [0.15, 0.2) is 0 Å². The van der Waals surface area contributed by atoms with Gasteiger partial charge in [-0.05, 0) is 31.1 Å². The Morgan fingerprint density at radius 2 is 1.95 bits per heavy atom. The quantitative estimate of drug-likeness (QED) is 0.783. The summed E-state index contributed by atoms with van der Waals surface area (Å²) >= 11 is 0. The average molecular weight is 315 g/mol. The van der Waals surface area contributed by atoms with Gasteiger partial charge in [0.1, 0.15) is 5.78 Å². The van der Waals surface area contributed by atoms with Crippen LogP contribution in [0, 0.1) is 17.3 Å². The van der Waals surface area contributed by atoms with E-state index in [1.165, 1.54) is 0 Å². The first-order valence-corrected chi connectivity index (χ1v) is 9.88. The topological polar surface area (TPSA) is 54.5 Å². The van der Waals surface area contributed by atoms with Crippen molar-refractivity contribution in [3.8, 4) is 0 Å². The maximum atomic E-state index is 12.2. The van der Waals surface area contributed by atoms with Gasteiger partial charge in [0.15, 0.2) is 9.84 Å². The molecular weight excluding hydrogens is 286 g/mol. The molecule has 0 bridgehead atoms. The van der Waals surface area contributed by atoms with Gasteiger partial charge >= 0.3 is 0 Å². The molecule has 2 aliphatic rings. The summed E-state index contributed by atoms with van der Waals surface area (Å²) in [6, 6.07) is 0.0339. The van der Waals surface area contributed by atoms with Gasteiger partial charge in [-0.2, -0.15) is 0 Å². The molecule has 0 aromatic heterocycles. The SMILES string of the molecule is CC1CS(=O)(=O)CCN1CC1CC(C(C)(C)C)CCC1=O. The van der Waals surface area contributed by atoms with Crippen molar-refractivity contribution in [3.63, 3.8) is 0 Å². The smallest absolute Gasteiger partial charge is 0.153 e. The van der Waals surface area contributed by atoms with E-state index in [1.54, 1.807) is 0 Å². The first-order valence-electron chi connectivity index (χ1n) is 8.05. The Labute approximate surface area is 129 Å². The van der Waals surface area contributed by atoms with E-state index >= 15 is 0 Å². The standard InChI is InChI=1S/C16H29NO3S/c1-12-11-21(19,20)8-7-17(12)10-13-9-14(16(2,3)4)5-6-15(13)18/h12-14H,5-11H2,1-4H3. The van der Waals surface area contributed by atoms with Gasteiger partial charge in [-0.1, -0.05) is 20.8 Å². The number of carbonyl (C=O) groups is 1. The highest BCUT2D eigenvalue weighted by Crippen LogP contribution is 2.39. The van der Waals surface area contributed by atoms with Crippen LogP contribution in [0.25, 0.3) is 0 Å². The number of nitrogens with zero attached hydrogens (tertiary/aromatic N) is 1. The Morgan fingerprint density at radius 3 is 2.52 bits per heavy atom. The van der Waals surface area contributed by atoms with Crippen LogP contribution in [0.4, 0.5) is 0 Å². The van der Waals surface area contributed by atoms with E-state index < -0.39 is 9.84 Å². The van der Waals surface area contributed by atoms with E-state index in [9.17, 15) is 13.2 Å². The number of Topliss-reactive ketones (excluding diaryl/α,β-unsaturated/α-hetero) is 1. The molecule has 122 valence electrons. The number of hydrogen-bond donors (Lipinski definition) is 0. The van der Waals surface area contributed by atoms with E-state index in [0.29, 0.717) is 24.7 Å². The highest BCUT2D eigenvalue weighted by Gasteiger charge is 2.37. The normalized spacial score (nSPS) is 34.9. The van der Waals surface area contributed by atoms with Gasteiger partial charge < -0.3 is 0 Å². The Kier molecular flexibility index (Phi) is 4.84. The Balaban J connectivity index is 1.99. The molecule has 0 radical (unpaired) electrons. The lowest BCUT2D eigenvalue weighted by Crippen LogP contribution is -2.50. The zero-order valence-corrected chi connectivity index (χ0v) is 14.6. The molecule has 3 atom stereocenters. The third-order valence-electron chi connectivity index (χ3n) is 5.25. The maximum Gasteiger partial charge on any atom is 0.153 e. The lowest BCUT2D eigenvalue weighted by Gasteiger charge is -2.40. The predicted molar refractivity (Wildman–Crippen MR) is 85.0 cm³/mol. The van der Waals surface area contributed by atoms with E-state index in [1.807, 2.05) is 6.92 Å². The Bertz CT molecular complexity index is 492. The van der Waals surface area contributed by atoms with Crippen LogP contribution in [0.5, 0.6) is 0 Å². The van der Waals surface area contributed by atoms with Crippen molar-refractivity contribution in [3.05, 3.63) is 0 Å². The molecule has 1 saturated carbocycles. The van der Waals surface area contributed by atoms with Crippen molar-refractivity contribution in [2.24, 2.45) is 17.3 Å². The van der Waals surface area contributed by atoms with Crippen molar-refractivity contribution in [1.82, 2.24) is 4.90 Å². The molecule has 0 amide bonds. The summed E-state index contributed by atoms with van der Waals surface area (Å²) in [6.07, 6.45) is 2.65. The third-order valence-corrected chi connectivity index (χ3v) is 7.05. The predicted octanol–water partition coefficient (Wildman–Crippen LogP) is 2.14. The average Bonchev–Trinajstić information content (AvgIpc) is 2.33. The molecule has 4 nitrogen and oxygen atoms in total. The second kappa shape index (κ2) is 5.99.